The lowest BCUT2D eigenvalue weighted by Crippen LogP contribution is -2.30. The maximum absolute atomic E-state index is 11.5. The minimum atomic E-state index is -0.373. The van der Waals surface area contributed by atoms with Crippen molar-refractivity contribution >= 4 is 34.9 Å². The third kappa shape index (κ3) is 2.68. The van der Waals surface area contributed by atoms with Gasteiger partial charge in [-0.15, -0.1) is 0 Å². The van der Waals surface area contributed by atoms with Crippen LogP contribution in [-0.2, 0) is 4.74 Å². The highest BCUT2D eigenvalue weighted by Gasteiger charge is 2.10. The van der Waals surface area contributed by atoms with E-state index in [2.05, 4.69) is 22.3 Å². The number of methoxy groups -OCH3 is 1. The number of halogens is 1. The second-order valence-electron chi connectivity index (χ2n) is 2.43. The van der Waals surface area contributed by atoms with Crippen LogP contribution < -0.4 is 5.32 Å². The minimum Gasteiger partial charge on any atom is -0.474 e. The smallest absolute Gasteiger partial charge is 0.263 e. The van der Waals surface area contributed by atoms with Gasteiger partial charge in [0.15, 0.2) is 0 Å². The highest BCUT2D eigenvalue weighted by Crippen LogP contribution is 2.14. The summed E-state index contributed by atoms with van der Waals surface area (Å²) >= 11 is 10.5. The zero-order valence-electron chi connectivity index (χ0n) is 7.41. The molecule has 14 heavy (non-hydrogen) atoms. The largest absolute Gasteiger partial charge is 0.474 e. The Kier molecular flexibility index (Phi) is 3.85. The van der Waals surface area contributed by atoms with Gasteiger partial charge in [-0.1, -0.05) is 23.7 Å². The molecular formula is C9H8ClNO2S. The third-order valence-corrected chi connectivity index (χ3v) is 2.12. The Bertz CT molecular complexity index is 368. The Morgan fingerprint density at radius 2 is 2.14 bits per heavy atom. The molecule has 1 aromatic carbocycles. The average molecular weight is 230 g/mol. The number of hydrogen-bond donors (Lipinski definition) is 1. The topological polar surface area (TPSA) is 38.3 Å². The van der Waals surface area contributed by atoms with Crippen LogP contribution in [0.2, 0.25) is 5.02 Å². The second kappa shape index (κ2) is 4.93. The highest BCUT2D eigenvalue weighted by atomic mass is 35.5. The average Bonchev–Trinajstić information content (AvgIpc) is 2.18. The third-order valence-electron chi connectivity index (χ3n) is 1.52. The Balaban J connectivity index is 2.80. The molecule has 0 heterocycles. The molecule has 0 aromatic heterocycles. The van der Waals surface area contributed by atoms with Crippen molar-refractivity contribution in [3.8, 4) is 0 Å². The molecule has 0 radical (unpaired) electrons. The maximum Gasteiger partial charge on any atom is 0.263 e. The van der Waals surface area contributed by atoms with Gasteiger partial charge in [0.05, 0.1) is 17.7 Å². The first-order valence-electron chi connectivity index (χ1n) is 3.79. The van der Waals surface area contributed by atoms with E-state index >= 15 is 0 Å². The lowest BCUT2D eigenvalue weighted by molar-refractivity contribution is 0.0970. The quantitative estimate of drug-likeness (QED) is 0.749. The Hall–Kier alpha value is -1.13. The van der Waals surface area contributed by atoms with Gasteiger partial charge in [-0.05, 0) is 24.4 Å². The molecule has 0 bridgehead atoms. The molecule has 3 nitrogen and oxygen atoms in total. The van der Waals surface area contributed by atoms with Crippen LogP contribution in [-0.4, -0.2) is 18.2 Å². The molecule has 74 valence electrons. The number of thiocarbonyl (C=S) groups is 1. The molecule has 0 spiro atoms. The molecule has 1 amide bonds. The van der Waals surface area contributed by atoms with Crippen molar-refractivity contribution in [2.24, 2.45) is 0 Å². The summed E-state index contributed by atoms with van der Waals surface area (Å²) in [5, 5.41) is 2.77. The van der Waals surface area contributed by atoms with Crippen LogP contribution >= 0.6 is 23.8 Å². The lowest BCUT2D eigenvalue weighted by atomic mass is 10.2. The van der Waals surface area contributed by atoms with Gasteiger partial charge in [-0.3, -0.25) is 10.1 Å². The summed E-state index contributed by atoms with van der Waals surface area (Å²) in [4.78, 5) is 11.5. The first kappa shape index (κ1) is 10.9. The van der Waals surface area contributed by atoms with E-state index in [9.17, 15) is 4.79 Å². The molecule has 0 aliphatic carbocycles. The number of rotatable bonds is 1. The summed E-state index contributed by atoms with van der Waals surface area (Å²) in [6.07, 6.45) is 0. The van der Waals surface area contributed by atoms with Crippen molar-refractivity contribution < 1.29 is 9.53 Å². The van der Waals surface area contributed by atoms with E-state index < -0.39 is 0 Å². The monoisotopic (exact) mass is 229 g/mol. The molecule has 0 aliphatic rings. The molecule has 0 saturated carbocycles. The van der Waals surface area contributed by atoms with Gasteiger partial charge in [0, 0.05) is 0 Å². The molecule has 1 rings (SSSR count). The van der Waals surface area contributed by atoms with E-state index in [4.69, 9.17) is 11.6 Å². The summed E-state index contributed by atoms with van der Waals surface area (Å²) in [5.74, 6) is -0.373. The van der Waals surface area contributed by atoms with Gasteiger partial charge < -0.3 is 4.74 Å². The van der Waals surface area contributed by atoms with Crippen LogP contribution in [0.1, 0.15) is 10.4 Å². The van der Waals surface area contributed by atoms with Crippen molar-refractivity contribution in [2.75, 3.05) is 7.11 Å². The van der Waals surface area contributed by atoms with E-state index in [1.165, 1.54) is 7.11 Å². The van der Waals surface area contributed by atoms with E-state index in [-0.39, 0.29) is 11.1 Å². The fourth-order valence-electron chi connectivity index (χ4n) is 0.856. The molecule has 0 saturated heterocycles. The number of carbonyl (C=O) groups is 1. The molecule has 0 unspecified atom stereocenters. The number of amides is 1. The standard InChI is InChI=1S/C9H8ClNO2S/c1-13-9(14)11-8(12)6-4-2-3-5-7(6)10/h2-5H,1H3,(H,11,12,14). The van der Waals surface area contributed by atoms with Crippen molar-refractivity contribution in [3.05, 3.63) is 34.9 Å². The Morgan fingerprint density at radius 3 is 2.71 bits per heavy atom. The summed E-state index contributed by atoms with van der Waals surface area (Å²) in [6, 6.07) is 6.70. The van der Waals surface area contributed by atoms with Crippen LogP contribution in [0, 0.1) is 0 Å². The number of nitrogens with one attached hydrogen (secondary N) is 1. The van der Waals surface area contributed by atoms with Crippen molar-refractivity contribution in [3.63, 3.8) is 0 Å². The number of benzene rings is 1. The van der Waals surface area contributed by atoms with Crippen molar-refractivity contribution in [1.82, 2.24) is 5.32 Å². The molecule has 1 N–H and O–H groups in total. The highest BCUT2D eigenvalue weighted by molar-refractivity contribution is 7.80. The van der Waals surface area contributed by atoms with Gasteiger partial charge in [-0.2, -0.15) is 0 Å². The summed E-state index contributed by atoms with van der Waals surface area (Å²) in [7, 11) is 1.38. The first-order valence-corrected chi connectivity index (χ1v) is 4.57. The fraction of sp³-hybridized carbons (Fsp3) is 0.111. The summed E-state index contributed by atoms with van der Waals surface area (Å²) in [5.41, 5.74) is 0.369. The van der Waals surface area contributed by atoms with Crippen LogP contribution in [0.3, 0.4) is 0 Å². The predicted molar refractivity (Wildman–Crippen MR) is 58.5 cm³/mol. The van der Waals surface area contributed by atoms with Crippen LogP contribution in [0.4, 0.5) is 0 Å². The Labute approximate surface area is 92.0 Å². The predicted octanol–water partition coefficient (Wildman–Crippen LogP) is 2.00. The van der Waals surface area contributed by atoms with E-state index in [1.54, 1.807) is 24.3 Å². The van der Waals surface area contributed by atoms with Crippen LogP contribution in [0.15, 0.2) is 24.3 Å². The van der Waals surface area contributed by atoms with Gasteiger partial charge >= 0.3 is 0 Å². The summed E-state index contributed by atoms with van der Waals surface area (Å²) < 4.78 is 4.64. The summed E-state index contributed by atoms with van der Waals surface area (Å²) in [6.45, 7) is 0. The normalized spacial score (nSPS) is 9.29. The van der Waals surface area contributed by atoms with Crippen molar-refractivity contribution in [2.45, 2.75) is 0 Å². The molecule has 0 atom stereocenters. The first-order chi connectivity index (χ1) is 6.65. The van der Waals surface area contributed by atoms with Crippen LogP contribution in [0.5, 0.6) is 0 Å². The van der Waals surface area contributed by atoms with Gasteiger partial charge in [-0.25, -0.2) is 0 Å². The van der Waals surface area contributed by atoms with Gasteiger partial charge in [0.25, 0.3) is 11.1 Å². The van der Waals surface area contributed by atoms with E-state index in [0.717, 1.165) is 0 Å². The van der Waals surface area contributed by atoms with Crippen molar-refractivity contribution in [1.29, 1.82) is 0 Å². The van der Waals surface area contributed by atoms with Gasteiger partial charge in [0.2, 0.25) is 0 Å². The Morgan fingerprint density at radius 1 is 1.50 bits per heavy atom. The fourth-order valence-corrected chi connectivity index (χ4v) is 1.17. The lowest BCUT2D eigenvalue weighted by Gasteiger charge is -2.05. The SMILES string of the molecule is COC(=S)NC(=O)c1ccccc1Cl. The molecule has 5 heteroatoms. The molecule has 1 aromatic rings. The molecule has 0 aliphatic heterocycles. The van der Waals surface area contributed by atoms with E-state index in [1.807, 2.05) is 0 Å². The molecular weight excluding hydrogens is 222 g/mol. The number of hydrogen-bond acceptors (Lipinski definition) is 3. The van der Waals surface area contributed by atoms with Crippen LogP contribution in [0.25, 0.3) is 0 Å². The van der Waals surface area contributed by atoms with Gasteiger partial charge in [0.1, 0.15) is 0 Å². The number of carbonyl (C=O) groups excluding carboxylic acids is 1. The number of ether oxygens (including phenoxy) is 1. The van der Waals surface area contributed by atoms with E-state index in [0.29, 0.717) is 10.6 Å². The maximum atomic E-state index is 11.5. The molecule has 0 fully saturated rings. The zero-order chi connectivity index (χ0) is 10.6. The second-order valence-corrected chi connectivity index (χ2v) is 3.20. The zero-order valence-corrected chi connectivity index (χ0v) is 8.98. The minimum absolute atomic E-state index is 0.0231.